The molecule has 0 aliphatic carbocycles. The highest BCUT2D eigenvalue weighted by molar-refractivity contribution is 7.08. The fourth-order valence-electron chi connectivity index (χ4n) is 1.74. The summed E-state index contributed by atoms with van der Waals surface area (Å²) in [5, 5.41) is 15.5. The summed E-state index contributed by atoms with van der Waals surface area (Å²) in [7, 11) is 0. The van der Waals surface area contributed by atoms with Crippen LogP contribution in [-0.2, 0) is 9.59 Å². The molecule has 0 saturated heterocycles. The van der Waals surface area contributed by atoms with Gasteiger partial charge in [-0.25, -0.2) is 10.9 Å². The molecule has 8 heteroatoms. The number of hydrogen-bond acceptors (Lipinski definition) is 6. The highest BCUT2D eigenvalue weighted by atomic mass is 32.1. The number of unbranched alkanes of at least 4 members (excludes halogenated alkanes) is 1. The van der Waals surface area contributed by atoms with Crippen LogP contribution < -0.4 is 10.9 Å². The lowest BCUT2D eigenvalue weighted by Crippen LogP contribution is -2.18. The average Bonchev–Trinajstić information content (AvgIpc) is 3.25. The van der Waals surface area contributed by atoms with Crippen LogP contribution in [0.25, 0.3) is 0 Å². The second-order valence-electron chi connectivity index (χ2n) is 4.91. The van der Waals surface area contributed by atoms with Crippen LogP contribution in [0.3, 0.4) is 0 Å². The van der Waals surface area contributed by atoms with Crippen LogP contribution in [0, 0.1) is 0 Å². The zero-order valence-corrected chi connectivity index (χ0v) is 14.6. The molecule has 0 fully saturated rings. The number of hydrogen-bond donors (Lipinski definition) is 2. The molecule has 0 aromatic carbocycles. The molecule has 0 unspecified atom stereocenters. The molecule has 0 spiro atoms. The number of nitrogens with zero attached hydrogens (tertiary/aromatic N) is 2. The Morgan fingerprint density at radius 3 is 1.71 bits per heavy atom. The first kappa shape index (κ1) is 18.0. The van der Waals surface area contributed by atoms with E-state index in [-0.39, 0.29) is 11.8 Å². The smallest absolute Gasteiger partial charge is 0.240 e. The van der Waals surface area contributed by atoms with E-state index >= 15 is 0 Å². The number of amides is 2. The molecule has 0 atom stereocenters. The third kappa shape index (κ3) is 7.30. The van der Waals surface area contributed by atoms with Gasteiger partial charge in [-0.1, -0.05) is 0 Å². The second kappa shape index (κ2) is 10.5. The van der Waals surface area contributed by atoms with E-state index in [0.29, 0.717) is 25.7 Å². The Balaban J connectivity index is 1.52. The molecule has 24 heavy (non-hydrogen) atoms. The van der Waals surface area contributed by atoms with Gasteiger partial charge < -0.3 is 0 Å². The minimum absolute atomic E-state index is 0.155. The zero-order valence-electron chi connectivity index (χ0n) is 13.0. The summed E-state index contributed by atoms with van der Waals surface area (Å²) in [4.78, 5) is 23.1. The van der Waals surface area contributed by atoms with Gasteiger partial charge in [-0.15, -0.1) is 0 Å². The Hall–Kier alpha value is -2.32. The van der Waals surface area contributed by atoms with Gasteiger partial charge >= 0.3 is 0 Å². The number of rotatable bonds is 9. The van der Waals surface area contributed by atoms with Gasteiger partial charge in [0.15, 0.2) is 0 Å². The molecule has 0 aliphatic heterocycles. The molecule has 0 saturated carbocycles. The van der Waals surface area contributed by atoms with Crippen molar-refractivity contribution < 1.29 is 9.59 Å². The number of hydrazone groups is 2. The first-order valence-corrected chi connectivity index (χ1v) is 9.31. The van der Waals surface area contributed by atoms with Crippen LogP contribution in [0.1, 0.15) is 36.8 Å². The number of carbonyl (C=O) groups is 2. The van der Waals surface area contributed by atoms with Gasteiger partial charge in [0.2, 0.25) is 11.8 Å². The van der Waals surface area contributed by atoms with Gasteiger partial charge in [0.1, 0.15) is 0 Å². The fraction of sp³-hybridized carbons (Fsp3) is 0.250. The Labute approximate surface area is 148 Å². The minimum Gasteiger partial charge on any atom is -0.273 e. The van der Waals surface area contributed by atoms with Crippen molar-refractivity contribution in [3.05, 3.63) is 44.8 Å². The maximum atomic E-state index is 11.6. The minimum atomic E-state index is -0.155. The van der Waals surface area contributed by atoms with E-state index in [1.807, 2.05) is 33.7 Å². The van der Waals surface area contributed by atoms with E-state index in [9.17, 15) is 9.59 Å². The van der Waals surface area contributed by atoms with E-state index < -0.39 is 0 Å². The maximum Gasteiger partial charge on any atom is 0.240 e. The standard InChI is InChI=1S/C16H18N4O2S2/c21-15(19-17-9-13-5-7-23-11-13)3-1-2-4-16(22)20-18-10-14-6-8-24-12-14/h5-12H,1-4H2,(H,19,21)(H,20,22). The van der Waals surface area contributed by atoms with E-state index in [1.165, 1.54) is 0 Å². The van der Waals surface area contributed by atoms with Crippen LogP contribution in [0.5, 0.6) is 0 Å². The van der Waals surface area contributed by atoms with Gasteiger partial charge in [0.05, 0.1) is 12.4 Å². The van der Waals surface area contributed by atoms with Crippen molar-refractivity contribution in [2.24, 2.45) is 10.2 Å². The third-order valence-electron chi connectivity index (χ3n) is 2.95. The SMILES string of the molecule is O=C(CCCCC(=O)NN=Cc1ccsc1)NN=Cc1ccsc1. The van der Waals surface area contributed by atoms with E-state index in [0.717, 1.165) is 11.1 Å². The highest BCUT2D eigenvalue weighted by Gasteiger charge is 2.03. The first-order valence-electron chi connectivity index (χ1n) is 7.42. The lowest BCUT2D eigenvalue weighted by atomic mass is 10.2. The molecule has 6 nitrogen and oxygen atoms in total. The number of nitrogens with one attached hydrogen (secondary N) is 2. The third-order valence-corrected chi connectivity index (χ3v) is 4.35. The second-order valence-corrected chi connectivity index (χ2v) is 6.47. The van der Waals surface area contributed by atoms with Gasteiger partial charge in [-0.05, 0) is 46.5 Å². The summed E-state index contributed by atoms with van der Waals surface area (Å²) in [6, 6.07) is 3.83. The van der Waals surface area contributed by atoms with Crippen molar-refractivity contribution >= 4 is 46.9 Å². The van der Waals surface area contributed by atoms with Crippen molar-refractivity contribution in [3.63, 3.8) is 0 Å². The molecule has 0 bridgehead atoms. The monoisotopic (exact) mass is 362 g/mol. The van der Waals surface area contributed by atoms with Crippen LogP contribution in [0.2, 0.25) is 0 Å². The van der Waals surface area contributed by atoms with Crippen LogP contribution >= 0.6 is 22.7 Å². The lowest BCUT2D eigenvalue weighted by Gasteiger charge is -2.00. The highest BCUT2D eigenvalue weighted by Crippen LogP contribution is 2.03. The van der Waals surface area contributed by atoms with Crippen molar-refractivity contribution in [2.45, 2.75) is 25.7 Å². The first-order chi connectivity index (χ1) is 11.7. The van der Waals surface area contributed by atoms with Crippen molar-refractivity contribution in [1.29, 1.82) is 0 Å². The van der Waals surface area contributed by atoms with Gasteiger partial charge in [-0.2, -0.15) is 32.9 Å². The van der Waals surface area contributed by atoms with Crippen LogP contribution in [-0.4, -0.2) is 24.2 Å². The van der Waals surface area contributed by atoms with Crippen molar-refractivity contribution in [1.82, 2.24) is 10.9 Å². The Morgan fingerprint density at radius 2 is 1.33 bits per heavy atom. The lowest BCUT2D eigenvalue weighted by molar-refractivity contribution is -0.123. The molecule has 2 amide bonds. The molecule has 0 radical (unpaired) electrons. The largest absolute Gasteiger partial charge is 0.273 e. The normalized spacial score (nSPS) is 11.2. The zero-order chi connectivity index (χ0) is 17.0. The predicted molar refractivity (Wildman–Crippen MR) is 98.6 cm³/mol. The summed E-state index contributed by atoms with van der Waals surface area (Å²) >= 11 is 3.14. The summed E-state index contributed by atoms with van der Waals surface area (Å²) in [5.74, 6) is -0.310. The Morgan fingerprint density at radius 1 is 0.875 bits per heavy atom. The molecule has 2 heterocycles. The molecule has 2 rings (SSSR count). The molecular formula is C16H18N4O2S2. The molecular weight excluding hydrogens is 344 g/mol. The van der Waals surface area contributed by atoms with E-state index in [1.54, 1.807) is 35.1 Å². The van der Waals surface area contributed by atoms with Gasteiger partial charge in [-0.3, -0.25) is 9.59 Å². The van der Waals surface area contributed by atoms with Crippen molar-refractivity contribution in [3.8, 4) is 0 Å². The predicted octanol–water partition coefficient (Wildman–Crippen LogP) is 2.97. The average molecular weight is 362 g/mol. The molecule has 2 aromatic heterocycles. The molecule has 0 aliphatic rings. The summed E-state index contributed by atoms with van der Waals surface area (Å²) in [5.41, 5.74) is 6.86. The van der Waals surface area contributed by atoms with Gasteiger partial charge in [0, 0.05) is 24.0 Å². The van der Waals surface area contributed by atoms with Crippen LogP contribution in [0.15, 0.2) is 43.9 Å². The maximum absolute atomic E-state index is 11.6. The quantitative estimate of drug-likeness (QED) is 0.408. The molecule has 2 N–H and O–H groups in total. The Kier molecular flexibility index (Phi) is 7.85. The summed E-state index contributed by atoms with van der Waals surface area (Å²) in [6.45, 7) is 0. The van der Waals surface area contributed by atoms with E-state index in [2.05, 4.69) is 21.1 Å². The molecule has 126 valence electrons. The number of thiophene rings is 2. The van der Waals surface area contributed by atoms with Gasteiger partial charge in [0.25, 0.3) is 0 Å². The topological polar surface area (TPSA) is 82.9 Å². The number of carbonyl (C=O) groups excluding carboxylic acids is 2. The van der Waals surface area contributed by atoms with E-state index in [4.69, 9.17) is 0 Å². The Bertz CT molecular complexity index is 619. The molecule has 2 aromatic rings. The van der Waals surface area contributed by atoms with Crippen molar-refractivity contribution in [2.75, 3.05) is 0 Å². The fourth-order valence-corrected chi connectivity index (χ4v) is 2.96. The summed E-state index contributed by atoms with van der Waals surface area (Å²) < 4.78 is 0. The van der Waals surface area contributed by atoms with Crippen LogP contribution in [0.4, 0.5) is 0 Å². The summed E-state index contributed by atoms with van der Waals surface area (Å²) in [6.07, 6.45) is 5.14.